The third-order valence-corrected chi connectivity index (χ3v) is 2.94. The number of carbonyl (C=O) groups excluding carboxylic acids is 1. The highest BCUT2D eigenvalue weighted by Crippen LogP contribution is 2.21. The van der Waals surface area contributed by atoms with Crippen molar-refractivity contribution in [3.63, 3.8) is 0 Å². The summed E-state index contributed by atoms with van der Waals surface area (Å²) in [6.45, 7) is 1.85. The smallest absolute Gasteiger partial charge is 0.326 e. The molecule has 0 saturated carbocycles. The van der Waals surface area contributed by atoms with Crippen LogP contribution in [0, 0.1) is 6.92 Å². The number of pyridine rings is 1. The van der Waals surface area contributed by atoms with Gasteiger partial charge in [-0.3, -0.25) is 10.6 Å². The minimum Gasteiger partial charge on any atom is -0.354 e. The molecule has 6 nitrogen and oxygen atoms in total. The lowest BCUT2D eigenvalue weighted by atomic mass is 10.2. The first-order valence-corrected chi connectivity index (χ1v) is 6.74. The van der Waals surface area contributed by atoms with Crippen molar-refractivity contribution in [2.24, 2.45) is 0 Å². The van der Waals surface area contributed by atoms with Crippen LogP contribution < -0.4 is 10.6 Å². The van der Waals surface area contributed by atoms with Gasteiger partial charge in [0.2, 0.25) is 0 Å². The van der Waals surface area contributed by atoms with Gasteiger partial charge in [0.1, 0.15) is 5.82 Å². The molecule has 2 N–H and O–H groups in total. The van der Waals surface area contributed by atoms with E-state index >= 15 is 0 Å². The van der Waals surface area contributed by atoms with Gasteiger partial charge in [-0.05, 0) is 19.1 Å². The second-order valence-electron chi connectivity index (χ2n) is 4.69. The Labute approximate surface area is 127 Å². The zero-order chi connectivity index (χ0) is 15.4. The van der Waals surface area contributed by atoms with E-state index in [-0.39, 0.29) is 0 Å². The van der Waals surface area contributed by atoms with Gasteiger partial charge >= 0.3 is 6.03 Å². The summed E-state index contributed by atoms with van der Waals surface area (Å²) in [5.74, 6) is 1.40. The van der Waals surface area contributed by atoms with Crippen molar-refractivity contribution in [3.8, 4) is 11.3 Å². The molecule has 0 saturated heterocycles. The van der Waals surface area contributed by atoms with Crippen LogP contribution in [0.2, 0.25) is 0 Å². The summed E-state index contributed by atoms with van der Waals surface area (Å²) >= 11 is 0. The highest BCUT2D eigenvalue weighted by atomic mass is 16.5. The number of nitrogens with zero attached hydrogens (tertiary/aromatic N) is 2. The normalized spacial score (nSPS) is 10.2. The average molecular weight is 294 g/mol. The van der Waals surface area contributed by atoms with E-state index in [9.17, 15) is 4.79 Å². The van der Waals surface area contributed by atoms with Crippen molar-refractivity contribution in [1.29, 1.82) is 0 Å². The standard InChI is InChI=1S/C16H14N4O2/c1-11-6-5-9-14(17-11)18-16(21)19-15-10-13(22-20-15)12-7-3-2-4-8-12/h2-10H,1H3,(H2,17,18,19,20,21). The van der Waals surface area contributed by atoms with E-state index in [2.05, 4.69) is 20.8 Å². The first-order chi connectivity index (χ1) is 10.7. The number of aromatic nitrogens is 2. The van der Waals surface area contributed by atoms with Crippen LogP contribution in [0.5, 0.6) is 0 Å². The zero-order valence-corrected chi connectivity index (χ0v) is 11.9. The fraction of sp³-hybridized carbons (Fsp3) is 0.0625. The van der Waals surface area contributed by atoms with Crippen molar-refractivity contribution in [1.82, 2.24) is 10.1 Å². The molecule has 2 amide bonds. The van der Waals surface area contributed by atoms with E-state index in [0.29, 0.717) is 17.4 Å². The molecule has 6 heteroatoms. The number of benzene rings is 1. The molecule has 2 heterocycles. The molecule has 0 aliphatic heterocycles. The van der Waals surface area contributed by atoms with Crippen molar-refractivity contribution in [3.05, 3.63) is 60.3 Å². The van der Waals surface area contributed by atoms with Crippen molar-refractivity contribution in [2.45, 2.75) is 6.92 Å². The lowest BCUT2D eigenvalue weighted by Crippen LogP contribution is -2.20. The van der Waals surface area contributed by atoms with Crippen LogP contribution in [-0.4, -0.2) is 16.2 Å². The maximum Gasteiger partial charge on any atom is 0.326 e. The summed E-state index contributed by atoms with van der Waals surface area (Å²) in [5.41, 5.74) is 1.72. The van der Waals surface area contributed by atoms with E-state index in [1.165, 1.54) is 0 Å². The molecule has 2 aromatic heterocycles. The van der Waals surface area contributed by atoms with Crippen LogP contribution in [0.4, 0.5) is 16.4 Å². The second-order valence-corrected chi connectivity index (χ2v) is 4.69. The highest BCUT2D eigenvalue weighted by Gasteiger charge is 2.09. The number of hydrogen-bond donors (Lipinski definition) is 2. The first-order valence-electron chi connectivity index (χ1n) is 6.74. The number of aryl methyl sites for hydroxylation is 1. The van der Waals surface area contributed by atoms with Gasteiger partial charge in [0.25, 0.3) is 0 Å². The van der Waals surface area contributed by atoms with E-state index in [0.717, 1.165) is 11.3 Å². The fourth-order valence-corrected chi connectivity index (χ4v) is 1.95. The minimum atomic E-state index is -0.425. The van der Waals surface area contributed by atoms with Gasteiger partial charge in [0.05, 0.1) is 0 Å². The fourth-order valence-electron chi connectivity index (χ4n) is 1.95. The lowest BCUT2D eigenvalue weighted by molar-refractivity contribution is 0.262. The Morgan fingerprint density at radius 1 is 1.00 bits per heavy atom. The molecule has 0 aliphatic rings. The second kappa shape index (κ2) is 6.09. The number of hydrogen-bond acceptors (Lipinski definition) is 4. The zero-order valence-electron chi connectivity index (χ0n) is 11.9. The van der Waals surface area contributed by atoms with Crippen LogP contribution in [0.15, 0.2) is 59.1 Å². The van der Waals surface area contributed by atoms with Crippen molar-refractivity contribution >= 4 is 17.7 Å². The monoisotopic (exact) mass is 294 g/mol. The Kier molecular flexibility index (Phi) is 3.82. The summed E-state index contributed by atoms with van der Waals surface area (Å²) < 4.78 is 5.21. The number of nitrogens with one attached hydrogen (secondary N) is 2. The Hall–Kier alpha value is -3.15. The Balaban J connectivity index is 1.66. The minimum absolute atomic E-state index is 0.337. The lowest BCUT2D eigenvalue weighted by Gasteiger charge is -2.04. The van der Waals surface area contributed by atoms with Crippen LogP contribution in [0.3, 0.4) is 0 Å². The molecule has 0 bridgehead atoms. The molecule has 0 aliphatic carbocycles. The third-order valence-electron chi connectivity index (χ3n) is 2.94. The van der Waals surface area contributed by atoms with Crippen LogP contribution in [0.1, 0.15) is 5.69 Å². The quantitative estimate of drug-likeness (QED) is 0.772. The van der Waals surface area contributed by atoms with Gasteiger partial charge in [-0.1, -0.05) is 41.6 Å². The van der Waals surface area contributed by atoms with Gasteiger partial charge < -0.3 is 4.52 Å². The molecule has 0 unspecified atom stereocenters. The molecule has 22 heavy (non-hydrogen) atoms. The van der Waals surface area contributed by atoms with E-state index < -0.39 is 6.03 Å². The van der Waals surface area contributed by atoms with Crippen molar-refractivity contribution < 1.29 is 9.32 Å². The summed E-state index contributed by atoms with van der Waals surface area (Å²) in [6.07, 6.45) is 0. The molecule has 0 atom stereocenters. The van der Waals surface area contributed by atoms with Gasteiger partial charge in [0, 0.05) is 17.3 Å². The summed E-state index contributed by atoms with van der Waals surface area (Å²) in [6, 6.07) is 16.2. The predicted molar refractivity (Wildman–Crippen MR) is 83.6 cm³/mol. The van der Waals surface area contributed by atoms with Gasteiger partial charge in [-0.15, -0.1) is 0 Å². The average Bonchev–Trinajstić information content (AvgIpc) is 2.96. The van der Waals surface area contributed by atoms with Crippen LogP contribution in [0.25, 0.3) is 11.3 Å². The van der Waals surface area contributed by atoms with Gasteiger partial charge in [-0.2, -0.15) is 0 Å². The summed E-state index contributed by atoms with van der Waals surface area (Å²) in [5, 5.41) is 9.07. The Bertz CT molecular complexity index is 784. The summed E-state index contributed by atoms with van der Waals surface area (Å²) in [4.78, 5) is 16.1. The number of rotatable bonds is 3. The van der Waals surface area contributed by atoms with E-state index in [1.807, 2.05) is 49.4 Å². The number of amides is 2. The largest absolute Gasteiger partial charge is 0.354 e. The number of carbonyl (C=O) groups is 1. The molecule has 1 aromatic carbocycles. The van der Waals surface area contributed by atoms with E-state index in [4.69, 9.17) is 4.52 Å². The number of anilines is 2. The Morgan fingerprint density at radius 3 is 2.55 bits per heavy atom. The van der Waals surface area contributed by atoms with Gasteiger partial charge in [0.15, 0.2) is 11.6 Å². The third kappa shape index (κ3) is 3.29. The highest BCUT2D eigenvalue weighted by molar-refractivity contribution is 5.98. The molecular formula is C16H14N4O2. The summed E-state index contributed by atoms with van der Waals surface area (Å²) in [7, 11) is 0. The molecule has 0 radical (unpaired) electrons. The molecule has 3 aromatic rings. The van der Waals surface area contributed by atoms with Crippen LogP contribution in [-0.2, 0) is 0 Å². The SMILES string of the molecule is Cc1cccc(NC(=O)Nc2cc(-c3ccccc3)on2)n1. The molecule has 3 rings (SSSR count). The molecule has 0 spiro atoms. The van der Waals surface area contributed by atoms with Crippen molar-refractivity contribution in [2.75, 3.05) is 10.6 Å². The molecular weight excluding hydrogens is 280 g/mol. The number of urea groups is 1. The molecule has 0 fully saturated rings. The maximum atomic E-state index is 11.9. The van der Waals surface area contributed by atoms with E-state index in [1.54, 1.807) is 12.1 Å². The predicted octanol–water partition coefficient (Wildman–Crippen LogP) is 3.69. The Morgan fingerprint density at radius 2 is 1.77 bits per heavy atom. The topological polar surface area (TPSA) is 80.0 Å². The van der Waals surface area contributed by atoms with Crippen LogP contribution >= 0.6 is 0 Å². The van der Waals surface area contributed by atoms with Gasteiger partial charge in [-0.25, -0.2) is 9.78 Å². The first kappa shape index (κ1) is 13.8. The maximum absolute atomic E-state index is 11.9. The molecule has 110 valence electrons.